The Morgan fingerprint density at radius 1 is 1.26 bits per heavy atom. The molecule has 0 spiro atoms. The van der Waals surface area contributed by atoms with Crippen molar-refractivity contribution in [2.24, 2.45) is 11.3 Å². The van der Waals surface area contributed by atoms with E-state index in [1.807, 2.05) is 0 Å². The predicted octanol–water partition coefficient (Wildman–Crippen LogP) is 3.99. The van der Waals surface area contributed by atoms with Gasteiger partial charge in [0.05, 0.1) is 11.5 Å². The topological polar surface area (TPSA) is 37.3 Å². The highest BCUT2D eigenvalue weighted by molar-refractivity contribution is 5.71. The summed E-state index contributed by atoms with van der Waals surface area (Å²) in [7, 11) is 0. The van der Waals surface area contributed by atoms with Crippen molar-refractivity contribution >= 4 is 5.97 Å². The van der Waals surface area contributed by atoms with Crippen LogP contribution >= 0.6 is 0 Å². The van der Waals surface area contributed by atoms with E-state index in [1.54, 1.807) is 20.8 Å². The van der Waals surface area contributed by atoms with E-state index < -0.39 is 29.0 Å². The molecule has 0 aromatic heterocycles. The van der Waals surface area contributed by atoms with Gasteiger partial charge in [-0.3, -0.25) is 4.79 Å². The van der Waals surface area contributed by atoms with Crippen molar-refractivity contribution < 1.29 is 23.1 Å². The zero-order chi connectivity index (χ0) is 14.8. The summed E-state index contributed by atoms with van der Waals surface area (Å²) in [4.78, 5) is 11.2. The molecular weight excluding hydrogens is 257 g/mol. The van der Waals surface area contributed by atoms with Crippen LogP contribution in [0.1, 0.15) is 31.9 Å². The molecule has 106 valence electrons. The quantitative estimate of drug-likeness (QED) is 0.904. The minimum Gasteiger partial charge on any atom is -0.481 e. The fraction of sp³-hybridized carbons (Fsp3) is 0.500. The molecule has 0 saturated heterocycles. The molecule has 0 heterocycles. The van der Waals surface area contributed by atoms with Gasteiger partial charge >= 0.3 is 12.1 Å². The molecule has 0 radical (unpaired) electrons. The van der Waals surface area contributed by atoms with Crippen molar-refractivity contribution in [3.63, 3.8) is 0 Å². The number of aliphatic carboxylic acids is 1. The van der Waals surface area contributed by atoms with Gasteiger partial charge in [0.25, 0.3) is 0 Å². The van der Waals surface area contributed by atoms with Crippen molar-refractivity contribution in [1.29, 1.82) is 0 Å². The molecule has 1 atom stereocenters. The first-order valence-electron chi connectivity index (χ1n) is 5.91. The Morgan fingerprint density at radius 2 is 1.84 bits per heavy atom. The summed E-state index contributed by atoms with van der Waals surface area (Å²) in [6.45, 7) is 5.29. The molecule has 1 unspecified atom stereocenters. The molecule has 0 amide bonds. The second kappa shape index (κ2) is 5.23. The lowest BCUT2D eigenvalue weighted by Gasteiger charge is -2.27. The Morgan fingerprint density at radius 3 is 2.26 bits per heavy atom. The van der Waals surface area contributed by atoms with Crippen LogP contribution < -0.4 is 0 Å². The average molecular weight is 274 g/mol. The lowest BCUT2D eigenvalue weighted by Crippen LogP contribution is -2.30. The van der Waals surface area contributed by atoms with Gasteiger partial charge in [0.1, 0.15) is 0 Å². The van der Waals surface area contributed by atoms with Crippen LogP contribution in [0.2, 0.25) is 0 Å². The van der Waals surface area contributed by atoms with E-state index in [4.69, 9.17) is 0 Å². The number of halogens is 3. The van der Waals surface area contributed by atoms with E-state index in [0.717, 1.165) is 12.1 Å². The molecule has 1 N–H and O–H groups in total. The smallest absolute Gasteiger partial charge is 0.416 e. The Balaban J connectivity index is 3.02. The van der Waals surface area contributed by atoms with Gasteiger partial charge in [0.2, 0.25) is 0 Å². The highest BCUT2D eigenvalue weighted by Gasteiger charge is 2.33. The molecular formula is C14H17F3O2. The Labute approximate surface area is 110 Å². The first-order valence-corrected chi connectivity index (χ1v) is 5.91. The highest BCUT2D eigenvalue weighted by atomic mass is 19.4. The summed E-state index contributed by atoms with van der Waals surface area (Å²) in [5, 5.41) is 9.18. The van der Waals surface area contributed by atoms with Crippen LogP contribution in [0.4, 0.5) is 13.2 Å². The van der Waals surface area contributed by atoms with Gasteiger partial charge in [-0.05, 0) is 23.5 Å². The Bertz CT molecular complexity index is 458. The molecule has 1 aromatic carbocycles. The van der Waals surface area contributed by atoms with E-state index in [9.17, 15) is 23.1 Å². The first kappa shape index (κ1) is 15.5. The summed E-state index contributed by atoms with van der Waals surface area (Å²) < 4.78 is 37.7. The molecule has 0 saturated carbocycles. The van der Waals surface area contributed by atoms with Crippen LogP contribution in [0.3, 0.4) is 0 Å². The third-order valence-electron chi connectivity index (χ3n) is 3.04. The zero-order valence-corrected chi connectivity index (χ0v) is 11.1. The van der Waals surface area contributed by atoms with Crippen molar-refractivity contribution in [2.45, 2.75) is 33.4 Å². The lowest BCUT2D eigenvalue weighted by molar-refractivity contribution is -0.145. The molecule has 0 aliphatic heterocycles. The highest BCUT2D eigenvalue weighted by Crippen LogP contribution is 2.32. The number of hydrogen-bond acceptors (Lipinski definition) is 1. The number of carboxylic acids is 1. The number of rotatable bonds is 3. The van der Waals surface area contributed by atoms with Gasteiger partial charge in [0.15, 0.2) is 0 Å². The van der Waals surface area contributed by atoms with Crippen LogP contribution in [-0.2, 0) is 17.4 Å². The van der Waals surface area contributed by atoms with Gasteiger partial charge in [-0.25, -0.2) is 0 Å². The minimum atomic E-state index is -4.41. The van der Waals surface area contributed by atoms with Gasteiger partial charge < -0.3 is 5.11 Å². The Kier molecular flexibility index (Phi) is 4.28. The van der Waals surface area contributed by atoms with E-state index in [1.165, 1.54) is 12.1 Å². The van der Waals surface area contributed by atoms with Gasteiger partial charge in [-0.15, -0.1) is 0 Å². The molecule has 1 rings (SSSR count). The summed E-state index contributed by atoms with van der Waals surface area (Å²) in [5.74, 6) is -1.72. The monoisotopic (exact) mass is 274 g/mol. The van der Waals surface area contributed by atoms with Crippen LogP contribution in [0.15, 0.2) is 24.3 Å². The minimum absolute atomic E-state index is 0.0861. The summed E-state index contributed by atoms with van der Waals surface area (Å²) in [6.07, 6.45) is -4.32. The van der Waals surface area contributed by atoms with Crippen LogP contribution in [0.5, 0.6) is 0 Å². The van der Waals surface area contributed by atoms with Gasteiger partial charge in [0, 0.05) is 0 Å². The molecule has 0 fully saturated rings. The summed E-state index contributed by atoms with van der Waals surface area (Å²) in [5.41, 5.74) is -0.875. The fourth-order valence-electron chi connectivity index (χ4n) is 1.87. The van der Waals surface area contributed by atoms with E-state index >= 15 is 0 Å². The third-order valence-corrected chi connectivity index (χ3v) is 3.04. The number of benzene rings is 1. The van der Waals surface area contributed by atoms with Crippen LogP contribution in [0, 0.1) is 11.3 Å². The molecule has 1 aromatic rings. The number of carboxylic acid groups (broad SMARTS) is 1. The summed E-state index contributed by atoms with van der Waals surface area (Å²) >= 11 is 0. The third kappa shape index (κ3) is 4.26. The maximum Gasteiger partial charge on any atom is 0.416 e. The molecule has 19 heavy (non-hydrogen) atoms. The van der Waals surface area contributed by atoms with Crippen molar-refractivity contribution in [3.05, 3.63) is 35.4 Å². The molecule has 2 nitrogen and oxygen atoms in total. The number of hydrogen-bond donors (Lipinski definition) is 1. The Hall–Kier alpha value is -1.52. The van der Waals surface area contributed by atoms with Crippen molar-refractivity contribution in [2.75, 3.05) is 0 Å². The second-order valence-electron chi connectivity index (χ2n) is 5.66. The van der Waals surface area contributed by atoms with Crippen LogP contribution in [-0.4, -0.2) is 11.1 Å². The van der Waals surface area contributed by atoms with Gasteiger partial charge in [-0.2, -0.15) is 13.2 Å². The van der Waals surface area contributed by atoms with E-state index in [0.29, 0.717) is 5.56 Å². The van der Waals surface area contributed by atoms with Crippen molar-refractivity contribution in [3.8, 4) is 0 Å². The predicted molar refractivity (Wildman–Crippen MR) is 65.7 cm³/mol. The SMILES string of the molecule is CC(C)(C)C(Cc1cccc(C(F)(F)F)c1)C(=O)O. The molecule has 5 heteroatoms. The fourth-order valence-corrected chi connectivity index (χ4v) is 1.87. The first-order chi connectivity index (χ1) is 8.51. The maximum absolute atomic E-state index is 12.6. The van der Waals surface area contributed by atoms with E-state index in [-0.39, 0.29) is 6.42 Å². The number of alkyl halides is 3. The largest absolute Gasteiger partial charge is 0.481 e. The standard InChI is InChI=1S/C14H17F3O2/c1-13(2,3)11(12(18)19)8-9-5-4-6-10(7-9)14(15,16)17/h4-7,11H,8H2,1-3H3,(H,18,19). The number of carbonyl (C=O) groups is 1. The molecule has 0 aliphatic carbocycles. The average Bonchev–Trinajstić information content (AvgIpc) is 2.23. The normalized spacial score (nSPS) is 14.2. The summed E-state index contributed by atoms with van der Waals surface area (Å²) in [6, 6.07) is 4.83. The van der Waals surface area contributed by atoms with Gasteiger partial charge in [-0.1, -0.05) is 39.0 Å². The van der Waals surface area contributed by atoms with E-state index in [2.05, 4.69) is 0 Å². The zero-order valence-electron chi connectivity index (χ0n) is 11.1. The molecule has 0 bridgehead atoms. The van der Waals surface area contributed by atoms with Crippen molar-refractivity contribution in [1.82, 2.24) is 0 Å². The second-order valence-corrected chi connectivity index (χ2v) is 5.66. The molecule has 0 aliphatic rings. The maximum atomic E-state index is 12.6. The lowest BCUT2D eigenvalue weighted by atomic mass is 9.77. The van der Waals surface area contributed by atoms with Crippen LogP contribution in [0.25, 0.3) is 0 Å².